The van der Waals surface area contributed by atoms with Crippen molar-refractivity contribution in [2.24, 2.45) is 0 Å². The van der Waals surface area contributed by atoms with Gasteiger partial charge in [-0.1, -0.05) is 15.9 Å². The third kappa shape index (κ3) is 4.95. The van der Waals surface area contributed by atoms with Crippen LogP contribution in [0.15, 0.2) is 6.07 Å². The zero-order valence-corrected chi connectivity index (χ0v) is 11.8. The molecule has 1 aromatic heterocycles. The summed E-state index contributed by atoms with van der Waals surface area (Å²) in [4.78, 5) is 14.4. The van der Waals surface area contributed by atoms with E-state index in [0.717, 1.165) is 6.07 Å². The van der Waals surface area contributed by atoms with Crippen LogP contribution in [-0.4, -0.2) is 23.9 Å². The summed E-state index contributed by atoms with van der Waals surface area (Å²) in [5.41, 5.74) is -0.0381. The summed E-state index contributed by atoms with van der Waals surface area (Å²) in [7, 11) is 0. The van der Waals surface area contributed by atoms with Gasteiger partial charge in [-0.25, -0.2) is 0 Å². The van der Waals surface area contributed by atoms with Crippen molar-refractivity contribution in [3.05, 3.63) is 23.1 Å². The van der Waals surface area contributed by atoms with Crippen molar-refractivity contribution in [3.63, 3.8) is 0 Å². The Hall–Kier alpha value is -1.38. The average molecular weight is 360 g/mol. The number of carbonyl (C=O) groups excluding carboxylic acids is 1. The van der Waals surface area contributed by atoms with E-state index in [9.17, 15) is 22.4 Å². The molecule has 0 bridgehead atoms. The maximum atomic E-state index is 13.2. The van der Waals surface area contributed by atoms with Crippen LogP contribution in [0.3, 0.4) is 0 Å². The van der Waals surface area contributed by atoms with Gasteiger partial charge >= 0.3 is 12.3 Å². The van der Waals surface area contributed by atoms with Crippen molar-refractivity contribution in [2.75, 3.05) is 6.61 Å². The molecule has 0 saturated heterocycles. The number of esters is 1. The minimum absolute atomic E-state index is 0.0204. The molecule has 4 nitrogen and oxygen atoms in total. The molecule has 0 spiro atoms. The third-order valence-electron chi connectivity index (χ3n) is 2.13. The molecule has 0 N–H and O–H groups in total. The van der Waals surface area contributed by atoms with E-state index < -0.39 is 24.2 Å². The van der Waals surface area contributed by atoms with Crippen molar-refractivity contribution in [1.29, 1.82) is 0 Å². The van der Waals surface area contributed by atoms with E-state index in [0.29, 0.717) is 0 Å². The summed E-state index contributed by atoms with van der Waals surface area (Å²) in [6.07, 6.45) is -5.37. The second kappa shape index (κ2) is 6.87. The normalized spacial score (nSPS) is 11.3. The number of hydrogen-bond acceptors (Lipinski definition) is 4. The maximum absolute atomic E-state index is 13.2. The summed E-state index contributed by atoms with van der Waals surface area (Å²) in [6.45, 7) is 1.69. The van der Waals surface area contributed by atoms with Crippen molar-refractivity contribution in [3.8, 4) is 5.88 Å². The summed E-state index contributed by atoms with van der Waals surface area (Å²) >= 11 is 2.96. The van der Waals surface area contributed by atoms with Gasteiger partial charge in [0.2, 0.25) is 11.8 Å². The number of aromatic nitrogens is 1. The topological polar surface area (TPSA) is 48.4 Å². The van der Waals surface area contributed by atoms with Crippen molar-refractivity contribution < 1.29 is 31.8 Å². The minimum Gasteiger partial charge on any atom is -0.466 e. The highest BCUT2D eigenvalue weighted by molar-refractivity contribution is 9.08. The smallest absolute Gasteiger partial charge is 0.466 e. The molecular weight excluding hydrogens is 350 g/mol. The first-order valence-corrected chi connectivity index (χ1v) is 6.54. The van der Waals surface area contributed by atoms with E-state index in [1.165, 1.54) is 0 Å². The number of alkyl halides is 4. The van der Waals surface area contributed by atoms with Crippen LogP contribution in [0, 0.1) is 5.95 Å². The monoisotopic (exact) mass is 359 g/mol. The lowest BCUT2D eigenvalue weighted by molar-refractivity contribution is -0.276. The lowest BCUT2D eigenvalue weighted by Crippen LogP contribution is -2.20. The quantitative estimate of drug-likeness (QED) is 0.350. The molecule has 0 unspecified atom stereocenters. The van der Waals surface area contributed by atoms with Crippen molar-refractivity contribution >= 4 is 21.9 Å². The van der Waals surface area contributed by atoms with Crippen LogP contribution in [0.4, 0.5) is 17.6 Å². The van der Waals surface area contributed by atoms with Crippen molar-refractivity contribution in [2.45, 2.75) is 25.0 Å². The fourth-order valence-electron chi connectivity index (χ4n) is 1.43. The molecule has 0 aliphatic carbocycles. The average Bonchev–Trinajstić information content (AvgIpc) is 2.26. The van der Waals surface area contributed by atoms with Gasteiger partial charge in [0.05, 0.1) is 13.0 Å². The highest BCUT2D eigenvalue weighted by Crippen LogP contribution is 2.29. The van der Waals surface area contributed by atoms with Gasteiger partial charge in [-0.05, 0) is 18.6 Å². The molecule has 0 aromatic carbocycles. The Morgan fingerprint density at radius 2 is 2.10 bits per heavy atom. The second-order valence-electron chi connectivity index (χ2n) is 3.55. The van der Waals surface area contributed by atoms with Gasteiger partial charge < -0.3 is 9.47 Å². The molecule has 1 heterocycles. The Balaban J connectivity index is 3.13. The van der Waals surface area contributed by atoms with E-state index in [4.69, 9.17) is 0 Å². The van der Waals surface area contributed by atoms with Crippen LogP contribution in [0.25, 0.3) is 0 Å². The fraction of sp³-hybridized carbons (Fsp3) is 0.455. The van der Waals surface area contributed by atoms with Crippen LogP contribution in [0.1, 0.15) is 18.1 Å². The predicted molar refractivity (Wildman–Crippen MR) is 63.8 cm³/mol. The van der Waals surface area contributed by atoms with E-state index in [-0.39, 0.29) is 29.5 Å². The van der Waals surface area contributed by atoms with E-state index in [2.05, 4.69) is 30.4 Å². The first-order chi connectivity index (χ1) is 9.26. The third-order valence-corrected chi connectivity index (χ3v) is 2.69. The Morgan fingerprint density at radius 3 is 2.60 bits per heavy atom. The van der Waals surface area contributed by atoms with Crippen LogP contribution in [-0.2, 0) is 21.3 Å². The van der Waals surface area contributed by atoms with Gasteiger partial charge in [-0.3, -0.25) is 4.79 Å². The molecule has 20 heavy (non-hydrogen) atoms. The minimum atomic E-state index is -5.00. The zero-order chi connectivity index (χ0) is 15.3. The summed E-state index contributed by atoms with van der Waals surface area (Å²) in [5.74, 6) is -2.78. The van der Waals surface area contributed by atoms with E-state index in [1.807, 2.05) is 0 Å². The second-order valence-corrected chi connectivity index (χ2v) is 4.11. The lowest BCUT2D eigenvalue weighted by atomic mass is 10.1. The van der Waals surface area contributed by atoms with Gasteiger partial charge in [-0.2, -0.15) is 9.37 Å². The number of hydrogen-bond donors (Lipinski definition) is 0. The van der Waals surface area contributed by atoms with Gasteiger partial charge in [0.1, 0.15) is 0 Å². The molecule has 9 heteroatoms. The van der Waals surface area contributed by atoms with Crippen LogP contribution < -0.4 is 4.74 Å². The SMILES string of the molecule is CCOC(=O)Cc1cc(F)nc(OC(F)(F)F)c1CBr. The molecule has 1 rings (SSSR count). The maximum Gasteiger partial charge on any atom is 0.574 e. The number of rotatable bonds is 5. The lowest BCUT2D eigenvalue weighted by Gasteiger charge is -2.14. The standard InChI is InChI=1S/C11H10BrF4NO3/c1-2-19-9(18)4-6-3-8(13)17-10(7(6)5-12)20-11(14,15)16/h3H,2,4-5H2,1H3. The Morgan fingerprint density at radius 1 is 1.45 bits per heavy atom. The van der Waals surface area contributed by atoms with Gasteiger partial charge in [0.25, 0.3) is 0 Å². The molecule has 0 saturated carbocycles. The zero-order valence-electron chi connectivity index (χ0n) is 10.3. The van der Waals surface area contributed by atoms with Gasteiger partial charge in [0.15, 0.2) is 0 Å². The molecular formula is C11H10BrF4NO3. The number of pyridine rings is 1. The Kier molecular flexibility index (Phi) is 5.73. The first-order valence-electron chi connectivity index (χ1n) is 5.42. The number of nitrogens with zero attached hydrogens (tertiary/aromatic N) is 1. The van der Waals surface area contributed by atoms with Gasteiger partial charge in [-0.15, -0.1) is 13.2 Å². The molecule has 0 aliphatic heterocycles. The Labute approximate surface area is 120 Å². The largest absolute Gasteiger partial charge is 0.574 e. The van der Waals surface area contributed by atoms with E-state index in [1.54, 1.807) is 6.92 Å². The summed E-state index contributed by atoms with van der Waals surface area (Å²) in [5, 5.41) is -0.0829. The summed E-state index contributed by atoms with van der Waals surface area (Å²) < 4.78 is 58.2. The molecule has 0 radical (unpaired) electrons. The molecule has 112 valence electrons. The highest BCUT2D eigenvalue weighted by atomic mass is 79.9. The predicted octanol–water partition coefficient (Wildman–Crippen LogP) is 3.12. The van der Waals surface area contributed by atoms with Crippen LogP contribution in [0.2, 0.25) is 0 Å². The highest BCUT2D eigenvalue weighted by Gasteiger charge is 2.33. The molecule has 0 amide bonds. The number of ether oxygens (including phenoxy) is 2. The molecule has 0 aliphatic rings. The van der Waals surface area contributed by atoms with Crippen LogP contribution in [0.5, 0.6) is 5.88 Å². The fourth-order valence-corrected chi connectivity index (χ4v) is 2.03. The first kappa shape index (κ1) is 16.7. The van der Waals surface area contributed by atoms with E-state index >= 15 is 0 Å². The Bertz CT molecular complexity index is 493. The number of carbonyl (C=O) groups is 1. The molecule has 0 fully saturated rings. The van der Waals surface area contributed by atoms with Crippen molar-refractivity contribution in [1.82, 2.24) is 4.98 Å². The molecule has 0 atom stereocenters. The van der Waals surface area contributed by atoms with Gasteiger partial charge in [0, 0.05) is 10.9 Å². The summed E-state index contributed by atoms with van der Waals surface area (Å²) in [6, 6.07) is 0.872. The number of halogens is 5. The van der Waals surface area contributed by atoms with Crippen LogP contribution >= 0.6 is 15.9 Å². The molecule has 1 aromatic rings.